The lowest BCUT2D eigenvalue weighted by Crippen LogP contribution is -2.60. The summed E-state index contributed by atoms with van der Waals surface area (Å²) in [6.07, 6.45) is 4.44. The van der Waals surface area contributed by atoms with Crippen molar-refractivity contribution >= 4 is 5.97 Å². The first-order chi connectivity index (χ1) is 9.46. The monoisotopic (exact) mass is 285 g/mol. The van der Waals surface area contributed by atoms with Crippen LogP contribution in [0, 0.1) is 5.92 Å². The van der Waals surface area contributed by atoms with Gasteiger partial charge in [0.25, 0.3) is 0 Å². The standard InChI is InChI=1S/C16H31NO3/c1-6-8-13(5)20-11-16(14-9-10-14,17-12(3)4)15(18)19-7-2/h12-14,17H,6-11H2,1-5H3. The highest BCUT2D eigenvalue weighted by molar-refractivity contribution is 5.82. The summed E-state index contributed by atoms with van der Waals surface area (Å²) in [6, 6.07) is 0.227. The second-order valence-corrected chi connectivity index (χ2v) is 6.18. The second kappa shape index (κ2) is 7.99. The summed E-state index contributed by atoms with van der Waals surface area (Å²) in [7, 11) is 0. The highest BCUT2D eigenvalue weighted by atomic mass is 16.5. The number of hydrogen-bond acceptors (Lipinski definition) is 4. The summed E-state index contributed by atoms with van der Waals surface area (Å²) in [5, 5.41) is 3.44. The Morgan fingerprint density at radius 3 is 2.40 bits per heavy atom. The van der Waals surface area contributed by atoms with Crippen LogP contribution in [0.1, 0.15) is 60.3 Å². The van der Waals surface area contributed by atoms with Gasteiger partial charge in [0.15, 0.2) is 0 Å². The zero-order valence-corrected chi connectivity index (χ0v) is 13.7. The number of ether oxygens (including phenoxy) is 2. The molecule has 0 spiro atoms. The smallest absolute Gasteiger partial charge is 0.329 e. The molecule has 1 N–H and O–H groups in total. The van der Waals surface area contributed by atoms with Gasteiger partial charge in [-0.1, -0.05) is 13.3 Å². The molecule has 1 saturated carbocycles. The molecule has 1 fully saturated rings. The largest absolute Gasteiger partial charge is 0.465 e. The van der Waals surface area contributed by atoms with Crippen molar-refractivity contribution in [3.63, 3.8) is 0 Å². The predicted octanol–water partition coefficient (Wildman–Crippen LogP) is 2.90. The Kier molecular flexibility index (Phi) is 6.96. The topological polar surface area (TPSA) is 47.6 Å². The molecule has 0 saturated heterocycles. The first-order valence-corrected chi connectivity index (χ1v) is 8.02. The van der Waals surface area contributed by atoms with Crippen LogP contribution in [0.5, 0.6) is 0 Å². The molecule has 1 aliphatic carbocycles. The minimum Gasteiger partial charge on any atom is -0.465 e. The van der Waals surface area contributed by atoms with Crippen molar-refractivity contribution in [3.05, 3.63) is 0 Å². The lowest BCUT2D eigenvalue weighted by molar-refractivity contribution is -0.157. The van der Waals surface area contributed by atoms with E-state index in [4.69, 9.17) is 9.47 Å². The molecule has 4 nitrogen and oxygen atoms in total. The molecule has 4 heteroatoms. The number of rotatable bonds is 10. The van der Waals surface area contributed by atoms with Gasteiger partial charge in [-0.15, -0.1) is 0 Å². The third-order valence-electron chi connectivity index (χ3n) is 3.75. The predicted molar refractivity (Wildman–Crippen MR) is 80.7 cm³/mol. The van der Waals surface area contributed by atoms with E-state index in [0.717, 1.165) is 25.7 Å². The van der Waals surface area contributed by atoms with Crippen molar-refractivity contribution in [2.24, 2.45) is 5.92 Å². The van der Waals surface area contributed by atoms with Crippen LogP contribution in [0.25, 0.3) is 0 Å². The van der Waals surface area contributed by atoms with Crippen LogP contribution in [0.4, 0.5) is 0 Å². The van der Waals surface area contributed by atoms with Crippen LogP contribution in [0.2, 0.25) is 0 Å². The Hall–Kier alpha value is -0.610. The minimum absolute atomic E-state index is 0.153. The molecule has 0 heterocycles. The normalized spacial score (nSPS) is 19.7. The number of hydrogen-bond donors (Lipinski definition) is 1. The third-order valence-corrected chi connectivity index (χ3v) is 3.75. The van der Waals surface area contributed by atoms with Gasteiger partial charge in [0.1, 0.15) is 5.54 Å². The van der Waals surface area contributed by atoms with E-state index in [2.05, 4.69) is 33.0 Å². The van der Waals surface area contributed by atoms with E-state index in [1.54, 1.807) is 0 Å². The zero-order chi connectivity index (χ0) is 15.2. The third kappa shape index (κ3) is 4.74. The minimum atomic E-state index is -0.661. The van der Waals surface area contributed by atoms with Gasteiger partial charge in [0.05, 0.1) is 19.3 Å². The maximum atomic E-state index is 12.5. The maximum absolute atomic E-state index is 12.5. The van der Waals surface area contributed by atoms with Gasteiger partial charge in [-0.2, -0.15) is 0 Å². The van der Waals surface area contributed by atoms with Gasteiger partial charge < -0.3 is 9.47 Å². The molecule has 0 amide bonds. The molecule has 1 rings (SSSR count). The quantitative estimate of drug-likeness (QED) is 0.627. The van der Waals surface area contributed by atoms with Crippen molar-refractivity contribution < 1.29 is 14.3 Å². The van der Waals surface area contributed by atoms with Crippen LogP contribution in [0.3, 0.4) is 0 Å². The number of nitrogens with one attached hydrogen (secondary N) is 1. The van der Waals surface area contributed by atoms with E-state index >= 15 is 0 Å². The van der Waals surface area contributed by atoms with Gasteiger partial charge in [-0.25, -0.2) is 4.79 Å². The molecule has 20 heavy (non-hydrogen) atoms. The fourth-order valence-electron chi connectivity index (χ4n) is 2.68. The van der Waals surface area contributed by atoms with E-state index in [1.807, 2.05) is 6.92 Å². The van der Waals surface area contributed by atoms with E-state index in [-0.39, 0.29) is 18.1 Å². The summed E-state index contributed by atoms with van der Waals surface area (Å²) in [4.78, 5) is 12.5. The Balaban J connectivity index is 2.77. The molecule has 0 aromatic heterocycles. The average Bonchev–Trinajstić information content (AvgIpc) is 3.19. The molecule has 1 aliphatic rings. The lowest BCUT2D eigenvalue weighted by atomic mass is 9.93. The number of carbonyl (C=O) groups excluding carboxylic acids is 1. The molecule has 0 aliphatic heterocycles. The Bertz CT molecular complexity index is 302. The summed E-state index contributed by atoms with van der Waals surface area (Å²) < 4.78 is 11.3. The van der Waals surface area contributed by atoms with E-state index in [0.29, 0.717) is 19.1 Å². The molecule has 118 valence electrons. The molecule has 2 unspecified atom stereocenters. The summed E-state index contributed by atoms with van der Waals surface area (Å²) in [5.41, 5.74) is -0.661. The molecular formula is C16H31NO3. The van der Waals surface area contributed by atoms with Crippen LogP contribution in [-0.2, 0) is 14.3 Å². The van der Waals surface area contributed by atoms with Gasteiger partial charge in [0.2, 0.25) is 0 Å². The number of carbonyl (C=O) groups is 1. The van der Waals surface area contributed by atoms with Crippen LogP contribution in [-0.4, -0.2) is 36.9 Å². The average molecular weight is 285 g/mol. The van der Waals surface area contributed by atoms with Crippen LogP contribution < -0.4 is 5.32 Å². The fraction of sp³-hybridized carbons (Fsp3) is 0.938. The Morgan fingerprint density at radius 1 is 1.30 bits per heavy atom. The molecule has 2 atom stereocenters. The molecular weight excluding hydrogens is 254 g/mol. The Morgan fingerprint density at radius 2 is 1.95 bits per heavy atom. The van der Waals surface area contributed by atoms with E-state index in [1.165, 1.54) is 0 Å². The van der Waals surface area contributed by atoms with Gasteiger partial charge >= 0.3 is 5.97 Å². The van der Waals surface area contributed by atoms with Crippen molar-refractivity contribution in [2.45, 2.75) is 78.0 Å². The second-order valence-electron chi connectivity index (χ2n) is 6.18. The zero-order valence-electron chi connectivity index (χ0n) is 13.7. The van der Waals surface area contributed by atoms with Crippen molar-refractivity contribution in [3.8, 4) is 0 Å². The van der Waals surface area contributed by atoms with E-state index in [9.17, 15) is 4.79 Å². The van der Waals surface area contributed by atoms with Gasteiger partial charge in [0, 0.05) is 6.04 Å². The molecule has 0 bridgehead atoms. The molecule has 0 aromatic rings. The van der Waals surface area contributed by atoms with Crippen LogP contribution >= 0.6 is 0 Å². The lowest BCUT2D eigenvalue weighted by Gasteiger charge is -2.35. The summed E-state index contributed by atoms with van der Waals surface area (Å²) in [6.45, 7) is 11.0. The van der Waals surface area contributed by atoms with Crippen LogP contribution in [0.15, 0.2) is 0 Å². The Labute approximate surface area is 123 Å². The first kappa shape index (κ1) is 17.4. The van der Waals surface area contributed by atoms with Crippen molar-refractivity contribution in [2.75, 3.05) is 13.2 Å². The van der Waals surface area contributed by atoms with Gasteiger partial charge in [-0.05, 0) is 52.9 Å². The first-order valence-electron chi connectivity index (χ1n) is 8.02. The molecule has 0 radical (unpaired) electrons. The summed E-state index contributed by atoms with van der Waals surface area (Å²) >= 11 is 0. The van der Waals surface area contributed by atoms with Crippen molar-refractivity contribution in [1.82, 2.24) is 5.32 Å². The van der Waals surface area contributed by atoms with Crippen molar-refractivity contribution in [1.29, 1.82) is 0 Å². The summed E-state index contributed by atoms with van der Waals surface area (Å²) in [5.74, 6) is 0.192. The maximum Gasteiger partial charge on any atom is 0.329 e. The van der Waals surface area contributed by atoms with E-state index < -0.39 is 5.54 Å². The SMILES string of the molecule is CCCC(C)OCC(NC(C)C)(C(=O)OCC)C1CC1. The van der Waals surface area contributed by atoms with Gasteiger partial charge in [-0.3, -0.25) is 5.32 Å². The molecule has 0 aromatic carbocycles. The highest BCUT2D eigenvalue weighted by Crippen LogP contribution is 2.41. The highest BCUT2D eigenvalue weighted by Gasteiger charge is 2.52. The fourth-order valence-corrected chi connectivity index (χ4v) is 2.68. The number of esters is 1.